The maximum absolute atomic E-state index is 11.8. The summed E-state index contributed by atoms with van der Waals surface area (Å²) in [4.78, 5) is 23.5. The van der Waals surface area contributed by atoms with Gasteiger partial charge >= 0.3 is 11.8 Å². The molecular weight excluding hydrogens is 326 g/mol. The number of nitrogens with one attached hydrogen (secondary N) is 2. The fourth-order valence-electron chi connectivity index (χ4n) is 1.61. The van der Waals surface area contributed by atoms with Crippen LogP contribution in [0.2, 0.25) is 5.02 Å². The summed E-state index contributed by atoms with van der Waals surface area (Å²) in [5.41, 5.74) is -0.755. The van der Waals surface area contributed by atoms with Crippen molar-refractivity contribution in [3.8, 4) is 6.07 Å². The third-order valence-electron chi connectivity index (χ3n) is 2.64. The lowest BCUT2D eigenvalue weighted by molar-refractivity contribution is -0.136. The Bertz CT molecular complexity index is 614. The highest BCUT2D eigenvalue weighted by Gasteiger charge is 2.23. The highest BCUT2D eigenvalue weighted by atomic mass is 35.5. The minimum absolute atomic E-state index is 0.0548. The van der Waals surface area contributed by atoms with Crippen LogP contribution in [0.15, 0.2) is 18.2 Å². The van der Waals surface area contributed by atoms with Gasteiger partial charge in [-0.25, -0.2) is 0 Å². The number of nitriles is 1. The first-order valence-corrected chi connectivity index (χ1v) is 8.06. The number of thioether (sulfide) groups is 1. The van der Waals surface area contributed by atoms with E-state index in [0.717, 1.165) is 0 Å². The molecule has 0 saturated carbocycles. The molecular formula is C14H16ClN3O3S. The molecule has 0 aromatic heterocycles. The van der Waals surface area contributed by atoms with Gasteiger partial charge in [0, 0.05) is 17.3 Å². The largest absolute Gasteiger partial charge is 0.387 e. The zero-order chi connectivity index (χ0) is 16.8. The van der Waals surface area contributed by atoms with Crippen molar-refractivity contribution in [2.24, 2.45) is 0 Å². The Balaban J connectivity index is 2.68. The van der Waals surface area contributed by atoms with Crippen LogP contribution in [0.1, 0.15) is 12.5 Å². The lowest BCUT2D eigenvalue weighted by Gasteiger charge is -2.22. The van der Waals surface area contributed by atoms with Crippen LogP contribution >= 0.6 is 23.4 Å². The summed E-state index contributed by atoms with van der Waals surface area (Å²) in [7, 11) is 0. The molecule has 0 bridgehead atoms. The molecule has 1 rings (SSSR count). The van der Waals surface area contributed by atoms with Crippen LogP contribution in [0.25, 0.3) is 0 Å². The number of nitrogens with zero attached hydrogens (tertiary/aromatic N) is 1. The number of hydrogen-bond donors (Lipinski definition) is 3. The highest BCUT2D eigenvalue weighted by molar-refractivity contribution is 7.98. The van der Waals surface area contributed by atoms with Gasteiger partial charge < -0.3 is 15.7 Å². The van der Waals surface area contributed by atoms with Crippen LogP contribution in [0, 0.1) is 11.3 Å². The molecule has 3 N–H and O–H groups in total. The quantitative estimate of drug-likeness (QED) is 0.702. The second-order valence-electron chi connectivity index (χ2n) is 4.87. The van der Waals surface area contributed by atoms with Crippen LogP contribution < -0.4 is 10.6 Å². The summed E-state index contributed by atoms with van der Waals surface area (Å²) in [6, 6.07) is 6.23. The summed E-state index contributed by atoms with van der Waals surface area (Å²) in [5, 5.41) is 23.9. The molecule has 0 heterocycles. The van der Waals surface area contributed by atoms with E-state index in [0.29, 0.717) is 10.8 Å². The van der Waals surface area contributed by atoms with Crippen molar-refractivity contribution in [2.45, 2.75) is 12.5 Å². The summed E-state index contributed by atoms with van der Waals surface area (Å²) in [5.74, 6) is -1.41. The SMILES string of the molecule is CSCC(C)(O)CNC(=O)C(=O)Nc1cc(Cl)ccc1C#N. The molecule has 0 saturated heterocycles. The van der Waals surface area contributed by atoms with Crippen LogP contribution in [-0.4, -0.2) is 41.1 Å². The number of anilines is 1. The van der Waals surface area contributed by atoms with E-state index in [1.807, 2.05) is 12.3 Å². The van der Waals surface area contributed by atoms with Crippen molar-refractivity contribution in [1.29, 1.82) is 5.26 Å². The fraction of sp³-hybridized carbons (Fsp3) is 0.357. The second kappa shape index (κ2) is 8.03. The first kappa shape index (κ1) is 18.3. The van der Waals surface area contributed by atoms with Gasteiger partial charge in [-0.1, -0.05) is 11.6 Å². The maximum atomic E-state index is 11.8. The van der Waals surface area contributed by atoms with Gasteiger partial charge in [0.05, 0.1) is 16.9 Å². The molecule has 0 aliphatic rings. The van der Waals surface area contributed by atoms with E-state index in [1.54, 1.807) is 6.92 Å². The van der Waals surface area contributed by atoms with Gasteiger partial charge in [0.25, 0.3) is 0 Å². The van der Waals surface area contributed by atoms with Gasteiger partial charge in [-0.15, -0.1) is 0 Å². The predicted molar refractivity (Wildman–Crippen MR) is 86.8 cm³/mol. The monoisotopic (exact) mass is 341 g/mol. The number of rotatable bonds is 5. The van der Waals surface area contributed by atoms with Crippen LogP contribution in [0.5, 0.6) is 0 Å². The maximum Gasteiger partial charge on any atom is 0.313 e. The Hall–Kier alpha value is -1.75. The zero-order valence-corrected chi connectivity index (χ0v) is 13.7. The molecule has 2 amide bonds. The Labute approximate surface area is 137 Å². The van der Waals surface area contributed by atoms with Gasteiger partial charge in [-0.05, 0) is 31.4 Å². The van der Waals surface area contributed by atoms with Crippen LogP contribution in [0.4, 0.5) is 5.69 Å². The number of carbonyl (C=O) groups excluding carboxylic acids is 2. The van der Waals surface area contributed by atoms with Gasteiger partial charge in [-0.3, -0.25) is 9.59 Å². The molecule has 0 aliphatic heterocycles. The van der Waals surface area contributed by atoms with E-state index < -0.39 is 17.4 Å². The standard InChI is InChI=1S/C14H16ClN3O3S/c1-14(21,8-22-2)7-17-12(19)13(20)18-11-5-10(15)4-3-9(11)6-16/h3-5,21H,7-8H2,1-2H3,(H,17,19)(H,18,20). The summed E-state index contributed by atoms with van der Waals surface area (Å²) >= 11 is 7.22. The zero-order valence-electron chi connectivity index (χ0n) is 12.1. The van der Waals surface area contributed by atoms with Crippen molar-refractivity contribution in [1.82, 2.24) is 5.32 Å². The average Bonchev–Trinajstić information content (AvgIpc) is 2.45. The molecule has 8 heteroatoms. The van der Waals surface area contributed by atoms with Gasteiger partial charge in [0.2, 0.25) is 0 Å². The van der Waals surface area contributed by atoms with Gasteiger partial charge in [0.15, 0.2) is 0 Å². The first-order valence-electron chi connectivity index (χ1n) is 6.29. The third-order valence-corrected chi connectivity index (χ3v) is 3.79. The molecule has 1 aromatic carbocycles. The molecule has 118 valence electrons. The van der Waals surface area contributed by atoms with E-state index in [1.165, 1.54) is 30.0 Å². The second-order valence-corrected chi connectivity index (χ2v) is 6.17. The van der Waals surface area contributed by atoms with Gasteiger partial charge in [0.1, 0.15) is 6.07 Å². The molecule has 22 heavy (non-hydrogen) atoms. The number of benzene rings is 1. The van der Waals surface area contributed by atoms with E-state index in [4.69, 9.17) is 16.9 Å². The topological polar surface area (TPSA) is 102 Å². The van der Waals surface area contributed by atoms with E-state index in [2.05, 4.69) is 10.6 Å². The molecule has 0 aliphatic carbocycles. The van der Waals surface area contributed by atoms with E-state index in [9.17, 15) is 14.7 Å². The molecule has 1 unspecified atom stereocenters. The fourth-order valence-corrected chi connectivity index (χ4v) is 2.51. The van der Waals surface area contributed by atoms with Crippen molar-refractivity contribution in [2.75, 3.05) is 23.9 Å². The average molecular weight is 342 g/mol. The number of hydrogen-bond acceptors (Lipinski definition) is 5. The minimum atomic E-state index is -1.11. The molecule has 1 atom stereocenters. The molecule has 0 radical (unpaired) electrons. The predicted octanol–water partition coefficient (Wildman–Crippen LogP) is 1.38. The Morgan fingerprint density at radius 1 is 1.45 bits per heavy atom. The smallest absolute Gasteiger partial charge is 0.313 e. The number of carbonyl (C=O) groups is 2. The summed E-state index contributed by atoms with van der Waals surface area (Å²) < 4.78 is 0. The summed E-state index contributed by atoms with van der Waals surface area (Å²) in [6.45, 7) is 1.51. The first-order chi connectivity index (χ1) is 10.3. The Morgan fingerprint density at radius 2 is 2.14 bits per heavy atom. The highest BCUT2D eigenvalue weighted by Crippen LogP contribution is 2.20. The van der Waals surface area contributed by atoms with Crippen molar-refractivity contribution in [3.63, 3.8) is 0 Å². The number of halogens is 1. The van der Waals surface area contributed by atoms with Crippen LogP contribution in [-0.2, 0) is 9.59 Å². The molecule has 1 aromatic rings. The lowest BCUT2D eigenvalue weighted by Crippen LogP contribution is -2.45. The third kappa shape index (κ3) is 5.56. The molecule has 0 fully saturated rings. The Kier molecular flexibility index (Phi) is 6.68. The lowest BCUT2D eigenvalue weighted by atomic mass is 10.1. The van der Waals surface area contributed by atoms with E-state index in [-0.39, 0.29) is 17.8 Å². The minimum Gasteiger partial charge on any atom is -0.387 e. The van der Waals surface area contributed by atoms with Crippen LogP contribution in [0.3, 0.4) is 0 Å². The normalized spacial score (nSPS) is 12.9. The van der Waals surface area contributed by atoms with Crippen molar-refractivity contribution >= 4 is 40.9 Å². The van der Waals surface area contributed by atoms with E-state index >= 15 is 0 Å². The molecule has 6 nitrogen and oxygen atoms in total. The van der Waals surface area contributed by atoms with Gasteiger partial charge in [-0.2, -0.15) is 17.0 Å². The molecule has 0 spiro atoms. The Morgan fingerprint density at radius 3 is 2.73 bits per heavy atom. The summed E-state index contributed by atoms with van der Waals surface area (Å²) in [6.07, 6.45) is 1.82. The number of aliphatic hydroxyl groups is 1. The van der Waals surface area contributed by atoms with Crippen molar-refractivity contribution < 1.29 is 14.7 Å². The van der Waals surface area contributed by atoms with Crippen molar-refractivity contribution in [3.05, 3.63) is 28.8 Å². The number of amides is 2.